The van der Waals surface area contributed by atoms with Crippen LogP contribution in [-0.2, 0) is 6.42 Å². The molecule has 0 radical (unpaired) electrons. The molecule has 0 aromatic heterocycles. The molecule has 1 aromatic rings. The molecule has 1 amide bonds. The predicted molar refractivity (Wildman–Crippen MR) is 73.2 cm³/mol. The molecular formula is C14H19N3O2. The van der Waals surface area contributed by atoms with E-state index in [9.17, 15) is 4.79 Å². The third-order valence-corrected chi connectivity index (χ3v) is 3.46. The molecule has 0 bridgehead atoms. The number of carbonyl (C=O) groups is 1. The number of nitrogens with one attached hydrogen (secondary N) is 1. The van der Waals surface area contributed by atoms with Crippen LogP contribution in [0, 0.1) is 5.92 Å². The number of hydrogen-bond acceptors (Lipinski definition) is 3. The molecule has 5 heteroatoms. The van der Waals surface area contributed by atoms with Crippen LogP contribution in [0.4, 0.5) is 0 Å². The first-order valence-corrected chi connectivity index (χ1v) is 6.53. The smallest absolute Gasteiger partial charge is 0.252 e. The average molecular weight is 261 g/mol. The third-order valence-electron chi connectivity index (χ3n) is 3.46. The van der Waals surface area contributed by atoms with Crippen molar-refractivity contribution in [1.29, 1.82) is 0 Å². The van der Waals surface area contributed by atoms with Gasteiger partial charge in [0, 0.05) is 5.56 Å². The molecule has 0 saturated heterocycles. The Morgan fingerprint density at radius 2 is 2.21 bits per heavy atom. The molecule has 1 fully saturated rings. The van der Waals surface area contributed by atoms with Gasteiger partial charge < -0.3 is 16.3 Å². The topological polar surface area (TPSA) is 87.7 Å². The van der Waals surface area contributed by atoms with E-state index in [1.165, 1.54) is 0 Å². The maximum atomic E-state index is 12.3. The Morgan fingerprint density at radius 1 is 1.53 bits per heavy atom. The highest BCUT2D eigenvalue weighted by Gasteiger charge is 2.35. The van der Waals surface area contributed by atoms with Gasteiger partial charge in [-0.15, -0.1) is 0 Å². The summed E-state index contributed by atoms with van der Waals surface area (Å²) in [6.45, 7) is 2.01. The minimum atomic E-state index is -0.373. The lowest BCUT2D eigenvalue weighted by molar-refractivity contribution is 0.0942. The van der Waals surface area contributed by atoms with E-state index < -0.39 is 0 Å². The van der Waals surface area contributed by atoms with Gasteiger partial charge in [-0.05, 0) is 36.8 Å². The molecule has 1 aliphatic carbocycles. The molecule has 102 valence electrons. The number of hydrogen-bond donors (Lipinski definition) is 3. The molecule has 1 atom stereocenters. The summed E-state index contributed by atoms with van der Waals surface area (Å²) in [5.41, 5.74) is 7.29. The summed E-state index contributed by atoms with van der Waals surface area (Å²) in [4.78, 5) is 12.3. The number of oxime groups is 1. The number of carbonyl (C=O) groups excluding carboxylic acids is 1. The number of nitrogens with zero attached hydrogens (tertiary/aromatic N) is 1. The van der Waals surface area contributed by atoms with Crippen LogP contribution in [0.25, 0.3) is 0 Å². The summed E-state index contributed by atoms with van der Waals surface area (Å²) in [5.74, 6) is 0.194. The normalized spacial score (nSPS) is 17.0. The highest BCUT2D eigenvalue weighted by atomic mass is 16.4. The maximum absolute atomic E-state index is 12.3. The van der Waals surface area contributed by atoms with Gasteiger partial charge in [-0.3, -0.25) is 4.79 Å². The van der Waals surface area contributed by atoms with Crippen molar-refractivity contribution in [2.24, 2.45) is 16.8 Å². The van der Waals surface area contributed by atoms with Crippen LogP contribution in [0.3, 0.4) is 0 Å². The summed E-state index contributed by atoms with van der Waals surface area (Å²) in [5, 5.41) is 14.7. The molecular weight excluding hydrogens is 242 g/mol. The van der Waals surface area contributed by atoms with Crippen LogP contribution in [0.1, 0.15) is 35.7 Å². The van der Waals surface area contributed by atoms with E-state index in [2.05, 4.69) is 10.5 Å². The molecule has 19 heavy (non-hydrogen) atoms. The van der Waals surface area contributed by atoms with Gasteiger partial charge in [0.2, 0.25) is 0 Å². The van der Waals surface area contributed by atoms with Crippen LogP contribution in [0.5, 0.6) is 0 Å². The number of aryl methyl sites for hydroxylation is 1. The first-order chi connectivity index (χ1) is 9.17. The lowest BCUT2D eigenvalue weighted by Crippen LogP contribution is -2.46. The van der Waals surface area contributed by atoms with Crippen LogP contribution >= 0.6 is 0 Å². The summed E-state index contributed by atoms with van der Waals surface area (Å²) in [6, 6.07) is 7.11. The lowest BCUT2D eigenvalue weighted by atomic mass is 10.0. The largest absolute Gasteiger partial charge is 0.409 e. The highest BCUT2D eigenvalue weighted by Crippen LogP contribution is 2.32. The fourth-order valence-electron chi connectivity index (χ4n) is 2.19. The van der Waals surface area contributed by atoms with E-state index in [1.54, 1.807) is 6.07 Å². The quantitative estimate of drug-likeness (QED) is 0.325. The standard InChI is InChI=1S/C14H19N3O2/c1-2-9-5-3-4-6-11(9)14(18)16-12(10-7-8-10)13(15)17-19/h3-6,10,12,19H,2,7-8H2,1H3,(H2,15,17)(H,16,18). The van der Waals surface area contributed by atoms with E-state index in [4.69, 9.17) is 10.9 Å². The van der Waals surface area contributed by atoms with Crippen molar-refractivity contribution in [3.05, 3.63) is 35.4 Å². The Balaban J connectivity index is 2.15. The Bertz CT molecular complexity index is 495. The van der Waals surface area contributed by atoms with Crippen LogP contribution in [0.15, 0.2) is 29.4 Å². The SMILES string of the molecule is CCc1ccccc1C(=O)NC(/C(N)=N/O)C1CC1. The van der Waals surface area contributed by atoms with E-state index in [1.807, 2.05) is 25.1 Å². The van der Waals surface area contributed by atoms with Gasteiger partial charge in [-0.1, -0.05) is 30.3 Å². The highest BCUT2D eigenvalue weighted by molar-refractivity contribution is 5.99. The number of amidine groups is 1. The van der Waals surface area contributed by atoms with Crippen LogP contribution in [0.2, 0.25) is 0 Å². The molecule has 2 rings (SSSR count). The lowest BCUT2D eigenvalue weighted by Gasteiger charge is -2.17. The molecule has 0 spiro atoms. The number of amides is 1. The summed E-state index contributed by atoms with van der Waals surface area (Å²) >= 11 is 0. The van der Waals surface area contributed by atoms with Gasteiger partial charge in [0.15, 0.2) is 5.84 Å². The van der Waals surface area contributed by atoms with Gasteiger partial charge in [-0.2, -0.15) is 0 Å². The van der Waals surface area contributed by atoms with Crippen molar-refractivity contribution >= 4 is 11.7 Å². The fourth-order valence-corrected chi connectivity index (χ4v) is 2.19. The van der Waals surface area contributed by atoms with Gasteiger partial charge in [0.05, 0.1) is 6.04 Å². The minimum absolute atomic E-state index is 0.0739. The monoisotopic (exact) mass is 261 g/mol. The zero-order valence-electron chi connectivity index (χ0n) is 11.0. The second kappa shape index (κ2) is 5.73. The summed E-state index contributed by atoms with van der Waals surface area (Å²) < 4.78 is 0. The Kier molecular flexibility index (Phi) is 4.04. The molecule has 0 heterocycles. The second-order valence-corrected chi connectivity index (χ2v) is 4.82. The van der Waals surface area contributed by atoms with Crippen molar-refractivity contribution in [3.8, 4) is 0 Å². The van der Waals surface area contributed by atoms with Crippen molar-refractivity contribution in [2.45, 2.75) is 32.2 Å². The van der Waals surface area contributed by atoms with Crippen molar-refractivity contribution in [1.82, 2.24) is 5.32 Å². The van der Waals surface area contributed by atoms with Gasteiger partial charge >= 0.3 is 0 Å². The Labute approximate surface area is 112 Å². The van der Waals surface area contributed by atoms with Crippen molar-refractivity contribution in [2.75, 3.05) is 0 Å². The summed E-state index contributed by atoms with van der Waals surface area (Å²) in [7, 11) is 0. The van der Waals surface area contributed by atoms with Gasteiger partial charge in [0.1, 0.15) is 0 Å². The van der Waals surface area contributed by atoms with Crippen LogP contribution < -0.4 is 11.1 Å². The third kappa shape index (κ3) is 3.05. The molecule has 0 aliphatic heterocycles. The van der Waals surface area contributed by atoms with E-state index >= 15 is 0 Å². The molecule has 1 unspecified atom stereocenters. The minimum Gasteiger partial charge on any atom is -0.409 e. The molecule has 5 nitrogen and oxygen atoms in total. The average Bonchev–Trinajstić information content (AvgIpc) is 3.28. The Morgan fingerprint density at radius 3 is 2.79 bits per heavy atom. The second-order valence-electron chi connectivity index (χ2n) is 4.82. The molecule has 1 saturated carbocycles. The van der Waals surface area contributed by atoms with Crippen molar-refractivity contribution in [3.63, 3.8) is 0 Å². The zero-order chi connectivity index (χ0) is 13.8. The zero-order valence-corrected chi connectivity index (χ0v) is 11.0. The van der Waals surface area contributed by atoms with Gasteiger partial charge in [0.25, 0.3) is 5.91 Å². The van der Waals surface area contributed by atoms with Crippen LogP contribution in [-0.4, -0.2) is 23.0 Å². The number of rotatable bonds is 5. The summed E-state index contributed by atoms with van der Waals surface area (Å²) in [6.07, 6.45) is 2.79. The first-order valence-electron chi connectivity index (χ1n) is 6.53. The first kappa shape index (κ1) is 13.4. The van der Waals surface area contributed by atoms with E-state index in [-0.39, 0.29) is 23.7 Å². The number of benzene rings is 1. The Hall–Kier alpha value is -2.04. The predicted octanol–water partition coefficient (Wildman–Crippen LogP) is 1.50. The van der Waals surface area contributed by atoms with E-state index in [0.717, 1.165) is 24.8 Å². The maximum Gasteiger partial charge on any atom is 0.252 e. The van der Waals surface area contributed by atoms with Gasteiger partial charge in [-0.25, -0.2) is 0 Å². The molecule has 4 N–H and O–H groups in total. The van der Waals surface area contributed by atoms with Crippen molar-refractivity contribution < 1.29 is 10.0 Å². The number of nitrogens with two attached hydrogens (primary N) is 1. The molecule has 1 aromatic carbocycles. The van der Waals surface area contributed by atoms with E-state index in [0.29, 0.717) is 5.56 Å². The molecule has 1 aliphatic rings. The fraction of sp³-hybridized carbons (Fsp3) is 0.429.